The number of anilines is 3. The molecule has 0 aliphatic heterocycles. The van der Waals surface area contributed by atoms with Crippen molar-refractivity contribution >= 4 is 38.9 Å². The smallest absolute Gasteiger partial charge is 0.0562 e. The monoisotopic (exact) mass is 830 g/mol. The van der Waals surface area contributed by atoms with E-state index in [1.165, 1.54) is 66.4 Å². The Morgan fingerprint density at radius 3 is 1.65 bits per heavy atom. The average molecular weight is 831 g/mol. The van der Waals surface area contributed by atoms with E-state index < -0.39 is 0 Å². The predicted molar refractivity (Wildman–Crippen MR) is 275 cm³/mol. The van der Waals surface area contributed by atoms with E-state index in [0.29, 0.717) is 0 Å². The third-order valence-electron chi connectivity index (χ3n) is 13.6. The Bertz CT molecular complexity index is 3550. The molecule has 0 amide bonds. The van der Waals surface area contributed by atoms with Gasteiger partial charge in [0.15, 0.2) is 0 Å². The summed E-state index contributed by atoms with van der Waals surface area (Å²) in [7, 11) is 0. The summed E-state index contributed by atoms with van der Waals surface area (Å²) in [5.41, 5.74) is 21.4. The first-order valence-electron chi connectivity index (χ1n) is 22.6. The highest BCUT2D eigenvalue weighted by atomic mass is 15.2. The molecule has 11 aromatic rings. The fourth-order valence-electron chi connectivity index (χ4n) is 10.6. The van der Waals surface area contributed by atoms with Crippen LogP contribution in [0.25, 0.3) is 83.1 Å². The lowest BCUT2D eigenvalue weighted by molar-refractivity contribution is 0.660. The minimum absolute atomic E-state index is 0.139. The molecule has 12 rings (SSSR count). The third-order valence-corrected chi connectivity index (χ3v) is 13.6. The molecule has 1 aliphatic carbocycles. The molecule has 0 saturated carbocycles. The van der Waals surface area contributed by atoms with E-state index in [9.17, 15) is 0 Å². The highest BCUT2D eigenvalue weighted by Crippen LogP contribution is 2.53. The standard InChI is InChI=1S/C63H46N2/c1-63(2)54-30-15-12-27-51(54)52-41-40-47(42-55(52)63)50-29-18-33-58(61(50)46-38-36-44(37-39-46)43-20-6-3-7-21-43)65(56-31-16-13-26-49(56)45-22-8-4-9-23-45)60-35-19-34-59-62(60)53-28-14-17-32-57(53)64(59)48-24-10-5-11-25-48/h3-42H,1-2H3. The lowest BCUT2D eigenvalue weighted by atomic mass is 9.81. The van der Waals surface area contributed by atoms with Crippen LogP contribution >= 0.6 is 0 Å². The summed E-state index contributed by atoms with van der Waals surface area (Å²) < 4.78 is 2.42. The van der Waals surface area contributed by atoms with E-state index in [1.807, 2.05) is 0 Å². The summed E-state index contributed by atoms with van der Waals surface area (Å²) in [6.45, 7) is 4.74. The van der Waals surface area contributed by atoms with Crippen molar-refractivity contribution < 1.29 is 0 Å². The Morgan fingerprint density at radius 1 is 0.338 bits per heavy atom. The number of hydrogen-bond acceptors (Lipinski definition) is 1. The Hall–Kier alpha value is -8.20. The molecule has 0 atom stereocenters. The maximum Gasteiger partial charge on any atom is 0.0562 e. The first kappa shape index (κ1) is 38.5. The summed E-state index contributed by atoms with van der Waals surface area (Å²) in [5, 5.41) is 2.40. The topological polar surface area (TPSA) is 8.17 Å². The highest BCUT2D eigenvalue weighted by Gasteiger charge is 2.36. The van der Waals surface area contributed by atoms with Crippen LogP contribution in [0, 0.1) is 0 Å². The van der Waals surface area contributed by atoms with Gasteiger partial charge < -0.3 is 9.47 Å². The zero-order chi connectivity index (χ0) is 43.5. The molecule has 0 fully saturated rings. The van der Waals surface area contributed by atoms with Gasteiger partial charge in [-0.2, -0.15) is 0 Å². The molecule has 0 spiro atoms. The van der Waals surface area contributed by atoms with Gasteiger partial charge in [0.1, 0.15) is 0 Å². The molecular weight excluding hydrogens is 785 g/mol. The van der Waals surface area contributed by atoms with Gasteiger partial charge >= 0.3 is 0 Å². The SMILES string of the molecule is CC1(C)c2ccccc2-c2ccc(-c3cccc(N(c4ccccc4-c4ccccc4)c4cccc5c4c4ccccc4n5-c4ccccc4)c3-c3ccc(-c4ccccc4)cc3)cc21. The molecule has 2 nitrogen and oxygen atoms in total. The van der Waals surface area contributed by atoms with E-state index in [-0.39, 0.29) is 5.41 Å². The molecule has 10 aromatic carbocycles. The number of nitrogens with zero attached hydrogens (tertiary/aromatic N) is 2. The van der Waals surface area contributed by atoms with Crippen LogP contribution in [0.5, 0.6) is 0 Å². The Kier molecular flexibility index (Phi) is 9.21. The van der Waals surface area contributed by atoms with Crippen molar-refractivity contribution in [2.75, 3.05) is 4.90 Å². The molecule has 0 radical (unpaired) electrons. The second-order valence-corrected chi connectivity index (χ2v) is 17.7. The summed E-state index contributed by atoms with van der Waals surface area (Å²) in [6, 6.07) is 89.0. The Labute approximate surface area is 381 Å². The Balaban J connectivity index is 1.17. The zero-order valence-electron chi connectivity index (χ0n) is 36.5. The molecular formula is C63H46N2. The fourth-order valence-corrected chi connectivity index (χ4v) is 10.6. The zero-order valence-corrected chi connectivity index (χ0v) is 36.5. The Morgan fingerprint density at radius 2 is 0.862 bits per heavy atom. The highest BCUT2D eigenvalue weighted by molar-refractivity contribution is 6.17. The lowest BCUT2D eigenvalue weighted by Crippen LogP contribution is -2.15. The maximum absolute atomic E-state index is 2.55. The summed E-state index contributed by atoms with van der Waals surface area (Å²) >= 11 is 0. The van der Waals surface area contributed by atoms with Crippen LogP contribution in [0.15, 0.2) is 243 Å². The lowest BCUT2D eigenvalue weighted by Gasteiger charge is -2.32. The van der Waals surface area contributed by atoms with Crippen LogP contribution < -0.4 is 4.90 Å². The van der Waals surface area contributed by atoms with Crippen molar-refractivity contribution in [2.45, 2.75) is 19.3 Å². The van der Waals surface area contributed by atoms with Crippen molar-refractivity contribution in [2.24, 2.45) is 0 Å². The number of benzene rings is 10. The largest absolute Gasteiger partial charge is 0.309 e. The van der Waals surface area contributed by atoms with Crippen LogP contribution in [0.4, 0.5) is 17.1 Å². The van der Waals surface area contributed by atoms with Crippen molar-refractivity contribution in [1.82, 2.24) is 4.57 Å². The normalized spacial score (nSPS) is 12.6. The molecule has 0 bridgehead atoms. The van der Waals surface area contributed by atoms with Crippen LogP contribution in [-0.4, -0.2) is 4.57 Å². The van der Waals surface area contributed by atoms with E-state index >= 15 is 0 Å². The van der Waals surface area contributed by atoms with Crippen molar-refractivity contribution in [3.05, 3.63) is 254 Å². The molecule has 1 aliphatic rings. The van der Waals surface area contributed by atoms with E-state index in [0.717, 1.165) is 45.0 Å². The summed E-state index contributed by atoms with van der Waals surface area (Å²) in [6.07, 6.45) is 0. The molecule has 1 aromatic heterocycles. The fraction of sp³-hybridized carbons (Fsp3) is 0.0476. The first-order chi connectivity index (χ1) is 32.0. The van der Waals surface area contributed by atoms with Gasteiger partial charge in [-0.1, -0.05) is 208 Å². The molecule has 2 heteroatoms. The average Bonchev–Trinajstić information content (AvgIpc) is 3.83. The van der Waals surface area contributed by atoms with Gasteiger partial charge in [0.25, 0.3) is 0 Å². The molecule has 1 heterocycles. The van der Waals surface area contributed by atoms with E-state index in [2.05, 4.69) is 266 Å². The van der Waals surface area contributed by atoms with Gasteiger partial charge in [-0.25, -0.2) is 0 Å². The van der Waals surface area contributed by atoms with Crippen LogP contribution in [0.1, 0.15) is 25.0 Å². The summed E-state index contributed by atoms with van der Waals surface area (Å²) in [5.74, 6) is 0. The van der Waals surface area contributed by atoms with Crippen molar-refractivity contribution in [3.63, 3.8) is 0 Å². The van der Waals surface area contributed by atoms with Gasteiger partial charge in [-0.3, -0.25) is 0 Å². The van der Waals surface area contributed by atoms with Crippen LogP contribution in [0.2, 0.25) is 0 Å². The second-order valence-electron chi connectivity index (χ2n) is 17.7. The van der Waals surface area contributed by atoms with E-state index in [4.69, 9.17) is 0 Å². The van der Waals surface area contributed by atoms with Gasteiger partial charge in [-0.15, -0.1) is 0 Å². The van der Waals surface area contributed by atoms with Crippen LogP contribution in [-0.2, 0) is 5.41 Å². The summed E-state index contributed by atoms with van der Waals surface area (Å²) in [4.78, 5) is 2.55. The third kappa shape index (κ3) is 6.32. The minimum Gasteiger partial charge on any atom is -0.309 e. The first-order valence-corrected chi connectivity index (χ1v) is 22.6. The number of fused-ring (bicyclic) bond motifs is 6. The van der Waals surface area contributed by atoms with Crippen molar-refractivity contribution in [1.29, 1.82) is 0 Å². The van der Waals surface area contributed by atoms with E-state index in [1.54, 1.807) is 0 Å². The molecule has 0 unspecified atom stereocenters. The molecule has 0 saturated heterocycles. The van der Waals surface area contributed by atoms with Crippen LogP contribution in [0.3, 0.4) is 0 Å². The number of hydrogen-bond donors (Lipinski definition) is 0. The van der Waals surface area contributed by atoms with Crippen molar-refractivity contribution in [3.8, 4) is 61.3 Å². The predicted octanol–water partition coefficient (Wildman–Crippen LogP) is 17.2. The van der Waals surface area contributed by atoms with Gasteiger partial charge in [0, 0.05) is 33.0 Å². The number of rotatable bonds is 8. The minimum atomic E-state index is -0.139. The number of para-hydroxylation sites is 3. The second kappa shape index (κ2) is 15.6. The number of aromatic nitrogens is 1. The molecule has 308 valence electrons. The maximum atomic E-state index is 2.55. The van der Waals surface area contributed by atoms with Gasteiger partial charge in [0.05, 0.1) is 28.1 Å². The molecule has 65 heavy (non-hydrogen) atoms. The van der Waals surface area contributed by atoms with Gasteiger partial charge in [0.2, 0.25) is 0 Å². The van der Waals surface area contributed by atoms with Gasteiger partial charge in [-0.05, 0) is 104 Å². The quantitative estimate of drug-likeness (QED) is 0.148. The molecule has 0 N–H and O–H groups in total.